The molecule has 4 nitrogen and oxygen atoms in total. The van der Waals surface area contributed by atoms with Crippen LogP contribution in [0.1, 0.15) is 24.3 Å². The number of phenolic OH excluding ortho intramolecular Hbond substituents is 1. The van der Waals surface area contributed by atoms with Gasteiger partial charge in [0.1, 0.15) is 5.75 Å². The van der Waals surface area contributed by atoms with Gasteiger partial charge in [-0.1, -0.05) is 30.3 Å². The first-order valence-electron chi connectivity index (χ1n) is 9.43. The van der Waals surface area contributed by atoms with Crippen molar-refractivity contribution in [2.45, 2.75) is 18.8 Å². The molecule has 28 heavy (non-hydrogen) atoms. The van der Waals surface area contributed by atoms with E-state index >= 15 is 0 Å². The molecule has 0 spiro atoms. The second kappa shape index (κ2) is 6.34. The van der Waals surface area contributed by atoms with Gasteiger partial charge in [-0.25, -0.2) is 4.98 Å². The van der Waals surface area contributed by atoms with E-state index in [4.69, 9.17) is 4.98 Å². The van der Waals surface area contributed by atoms with E-state index in [0.29, 0.717) is 17.2 Å². The van der Waals surface area contributed by atoms with Crippen LogP contribution < -0.4 is 5.56 Å². The average Bonchev–Trinajstić information content (AvgIpc) is 3.57. The van der Waals surface area contributed by atoms with Gasteiger partial charge in [0.05, 0.1) is 16.7 Å². The standard InChI is InChI=1S/C24H19N2O2/c1-26-21-14-18(16-5-3-2-4-6-16)24(25-20(21)10-12-23(26)28)19-13-17(15-7-8-15)9-11-22(19)27/h2-6,10-15,27H,7-8H2,1H3. The smallest absolute Gasteiger partial charge is 0.250 e. The minimum Gasteiger partial charge on any atom is -0.507 e. The molecular formula is C24H19N2O2. The lowest BCUT2D eigenvalue weighted by Crippen LogP contribution is -2.15. The van der Waals surface area contributed by atoms with Gasteiger partial charge in [-0.05, 0) is 60.2 Å². The van der Waals surface area contributed by atoms with Gasteiger partial charge in [-0.2, -0.15) is 0 Å². The number of pyridine rings is 2. The Morgan fingerprint density at radius 3 is 2.61 bits per heavy atom. The minimum atomic E-state index is -0.0748. The maximum Gasteiger partial charge on any atom is 0.250 e. The summed E-state index contributed by atoms with van der Waals surface area (Å²) in [6.07, 6.45) is 2.33. The molecule has 1 aliphatic rings. The number of aromatic hydroxyl groups is 1. The summed E-state index contributed by atoms with van der Waals surface area (Å²) >= 11 is 0. The predicted octanol–water partition coefficient (Wildman–Crippen LogP) is 4.65. The second-order valence-electron chi connectivity index (χ2n) is 7.35. The van der Waals surface area contributed by atoms with E-state index in [0.717, 1.165) is 27.7 Å². The highest BCUT2D eigenvalue weighted by Crippen LogP contribution is 2.44. The Morgan fingerprint density at radius 1 is 1.07 bits per heavy atom. The van der Waals surface area contributed by atoms with E-state index in [1.165, 1.54) is 18.9 Å². The summed E-state index contributed by atoms with van der Waals surface area (Å²) in [5.41, 5.74) is 5.82. The zero-order chi connectivity index (χ0) is 19.3. The van der Waals surface area contributed by atoms with Gasteiger partial charge in [-0.15, -0.1) is 0 Å². The molecule has 5 rings (SSSR count). The maximum atomic E-state index is 12.1. The number of aromatic nitrogens is 2. The fraction of sp³-hybridized carbons (Fsp3) is 0.167. The molecule has 1 saturated carbocycles. The number of hydrogen-bond acceptors (Lipinski definition) is 3. The number of fused-ring (bicyclic) bond motifs is 1. The molecule has 2 aromatic carbocycles. The van der Waals surface area contributed by atoms with Gasteiger partial charge in [0.25, 0.3) is 5.56 Å². The molecule has 0 atom stereocenters. The lowest BCUT2D eigenvalue weighted by molar-refractivity contribution is 0.477. The van der Waals surface area contributed by atoms with Crippen molar-refractivity contribution in [2.75, 3.05) is 0 Å². The Bertz CT molecular complexity index is 1260. The highest BCUT2D eigenvalue weighted by Gasteiger charge is 2.25. The number of nitrogens with zero attached hydrogens (tertiary/aromatic N) is 2. The van der Waals surface area contributed by atoms with Crippen molar-refractivity contribution in [1.82, 2.24) is 9.55 Å². The Morgan fingerprint density at radius 2 is 1.86 bits per heavy atom. The number of rotatable bonds is 3. The zero-order valence-corrected chi connectivity index (χ0v) is 15.5. The molecule has 2 heterocycles. The third-order valence-corrected chi connectivity index (χ3v) is 5.42. The first-order chi connectivity index (χ1) is 13.6. The Hall–Kier alpha value is -3.40. The van der Waals surface area contributed by atoms with Crippen molar-refractivity contribution in [2.24, 2.45) is 7.05 Å². The van der Waals surface area contributed by atoms with E-state index in [1.807, 2.05) is 42.5 Å². The van der Waals surface area contributed by atoms with Crippen LogP contribution in [0.25, 0.3) is 33.4 Å². The molecule has 0 saturated heterocycles. The van der Waals surface area contributed by atoms with Crippen LogP contribution in [0, 0.1) is 6.07 Å². The summed E-state index contributed by atoms with van der Waals surface area (Å²) in [6, 6.07) is 22.0. The minimum absolute atomic E-state index is 0.0748. The van der Waals surface area contributed by atoms with Crippen molar-refractivity contribution >= 4 is 11.0 Å². The molecule has 1 N–H and O–H groups in total. The lowest BCUT2D eigenvalue weighted by Gasteiger charge is -2.15. The summed E-state index contributed by atoms with van der Waals surface area (Å²) < 4.78 is 1.60. The van der Waals surface area contributed by atoms with E-state index in [1.54, 1.807) is 23.7 Å². The fourth-order valence-electron chi connectivity index (χ4n) is 3.65. The highest BCUT2D eigenvalue weighted by atomic mass is 16.3. The van der Waals surface area contributed by atoms with Gasteiger partial charge < -0.3 is 9.67 Å². The van der Waals surface area contributed by atoms with Crippen molar-refractivity contribution < 1.29 is 5.11 Å². The molecule has 1 fully saturated rings. The summed E-state index contributed by atoms with van der Waals surface area (Å²) in [7, 11) is 1.75. The molecule has 0 amide bonds. The third kappa shape index (κ3) is 2.78. The first kappa shape index (κ1) is 16.8. The van der Waals surface area contributed by atoms with E-state index < -0.39 is 0 Å². The Balaban J connectivity index is 1.84. The third-order valence-electron chi connectivity index (χ3n) is 5.42. The summed E-state index contributed by atoms with van der Waals surface area (Å²) in [5.74, 6) is 0.694. The zero-order valence-electron chi connectivity index (χ0n) is 15.5. The topological polar surface area (TPSA) is 55.1 Å². The Labute approximate surface area is 162 Å². The first-order valence-corrected chi connectivity index (χ1v) is 9.43. The molecule has 1 aliphatic carbocycles. The molecule has 137 valence electrons. The van der Waals surface area contributed by atoms with Crippen molar-refractivity contribution in [3.05, 3.63) is 82.6 Å². The van der Waals surface area contributed by atoms with Crippen LogP contribution in [-0.4, -0.2) is 14.7 Å². The van der Waals surface area contributed by atoms with Gasteiger partial charge in [0.2, 0.25) is 0 Å². The predicted molar refractivity (Wildman–Crippen MR) is 110 cm³/mol. The van der Waals surface area contributed by atoms with Gasteiger partial charge in [-0.3, -0.25) is 4.79 Å². The molecule has 0 aliphatic heterocycles. The molecule has 1 radical (unpaired) electrons. The van der Waals surface area contributed by atoms with Crippen LogP contribution >= 0.6 is 0 Å². The van der Waals surface area contributed by atoms with E-state index in [-0.39, 0.29) is 11.3 Å². The lowest BCUT2D eigenvalue weighted by atomic mass is 9.96. The van der Waals surface area contributed by atoms with Crippen molar-refractivity contribution in [3.63, 3.8) is 0 Å². The maximum absolute atomic E-state index is 12.1. The Kier molecular flexibility index (Phi) is 3.79. The molecular weight excluding hydrogens is 348 g/mol. The SMILES string of the molecule is Cn1c(=O)ccc2nc(-c3cc(C4CC4)[c]cc3O)c(-c3ccccc3)cc21. The van der Waals surface area contributed by atoms with Gasteiger partial charge in [0, 0.05) is 24.2 Å². The van der Waals surface area contributed by atoms with Crippen LogP contribution in [0.5, 0.6) is 5.75 Å². The quantitative estimate of drug-likeness (QED) is 0.573. The van der Waals surface area contributed by atoms with Gasteiger partial charge >= 0.3 is 0 Å². The van der Waals surface area contributed by atoms with E-state index in [2.05, 4.69) is 6.07 Å². The van der Waals surface area contributed by atoms with Crippen molar-refractivity contribution in [1.29, 1.82) is 0 Å². The summed E-state index contributed by atoms with van der Waals surface area (Å²) in [4.78, 5) is 17.0. The molecule has 4 aromatic rings. The fourth-order valence-corrected chi connectivity index (χ4v) is 3.65. The van der Waals surface area contributed by atoms with E-state index in [9.17, 15) is 9.90 Å². The summed E-state index contributed by atoms with van der Waals surface area (Å²) in [6.45, 7) is 0. The number of hydrogen-bond donors (Lipinski definition) is 1. The normalized spacial score (nSPS) is 13.8. The van der Waals surface area contributed by atoms with Crippen LogP contribution in [0.4, 0.5) is 0 Å². The van der Waals surface area contributed by atoms with Crippen LogP contribution in [0.2, 0.25) is 0 Å². The monoisotopic (exact) mass is 367 g/mol. The van der Waals surface area contributed by atoms with Crippen LogP contribution in [0.15, 0.2) is 65.5 Å². The average molecular weight is 367 g/mol. The summed E-state index contributed by atoms with van der Waals surface area (Å²) in [5, 5.41) is 10.6. The number of aryl methyl sites for hydroxylation is 1. The molecule has 2 aromatic heterocycles. The second-order valence-corrected chi connectivity index (χ2v) is 7.35. The number of phenols is 1. The van der Waals surface area contributed by atoms with Crippen molar-refractivity contribution in [3.8, 4) is 28.1 Å². The molecule has 4 heteroatoms. The van der Waals surface area contributed by atoms with Crippen LogP contribution in [-0.2, 0) is 7.05 Å². The number of benzene rings is 2. The molecule has 0 bridgehead atoms. The molecule has 0 unspecified atom stereocenters. The highest BCUT2D eigenvalue weighted by molar-refractivity contribution is 5.91. The van der Waals surface area contributed by atoms with Gasteiger partial charge in [0.15, 0.2) is 0 Å². The van der Waals surface area contributed by atoms with Crippen LogP contribution in [0.3, 0.4) is 0 Å². The largest absolute Gasteiger partial charge is 0.507 e.